The highest BCUT2D eigenvalue weighted by Crippen LogP contribution is 2.36. The summed E-state index contributed by atoms with van der Waals surface area (Å²) in [5, 5.41) is 10.9. The van der Waals surface area contributed by atoms with Crippen LogP contribution in [0.15, 0.2) is 18.2 Å². The van der Waals surface area contributed by atoms with E-state index in [0.29, 0.717) is 6.61 Å². The smallest absolute Gasteiger partial charge is 0.335 e. The molecule has 92 valence electrons. The molecule has 3 N–H and O–H groups in total. The average Bonchev–Trinajstić information content (AvgIpc) is 3.12. The van der Waals surface area contributed by atoms with E-state index in [9.17, 15) is 10.1 Å². The summed E-state index contributed by atoms with van der Waals surface area (Å²) in [7, 11) is 0. The molecule has 6 heteroatoms. The minimum absolute atomic E-state index is 0.106. The lowest BCUT2D eigenvalue weighted by atomic mass is 10.2. The van der Waals surface area contributed by atoms with Gasteiger partial charge in [0.25, 0.3) is 0 Å². The van der Waals surface area contributed by atoms with Crippen LogP contribution in [0.25, 0.3) is 0 Å². The summed E-state index contributed by atoms with van der Waals surface area (Å²) in [4.78, 5) is 10.5. The van der Waals surface area contributed by atoms with Crippen molar-refractivity contribution in [3.63, 3.8) is 0 Å². The van der Waals surface area contributed by atoms with E-state index < -0.39 is 4.92 Å². The number of nitrogens with zero attached hydrogens (tertiary/aromatic N) is 1. The predicted molar refractivity (Wildman–Crippen MR) is 63.7 cm³/mol. The number of nitrogens with one attached hydrogen (secondary N) is 1. The quantitative estimate of drug-likeness (QED) is 0.449. The maximum atomic E-state index is 10.9. The van der Waals surface area contributed by atoms with Crippen LogP contribution in [0.4, 0.5) is 11.4 Å². The van der Waals surface area contributed by atoms with E-state index in [2.05, 4.69) is 5.43 Å². The Morgan fingerprint density at radius 3 is 2.88 bits per heavy atom. The van der Waals surface area contributed by atoms with Gasteiger partial charge in [0.05, 0.1) is 11.5 Å². The first-order chi connectivity index (χ1) is 8.22. The molecule has 17 heavy (non-hydrogen) atoms. The van der Waals surface area contributed by atoms with Crippen LogP contribution in [0, 0.1) is 16.0 Å². The molecule has 0 unspecified atom stereocenters. The van der Waals surface area contributed by atoms with E-state index in [-0.39, 0.29) is 17.1 Å². The van der Waals surface area contributed by atoms with Crippen LogP contribution in [0.5, 0.6) is 5.75 Å². The normalized spacial score (nSPS) is 14.4. The number of hydrazine groups is 1. The molecule has 0 radical (unpaired) electrons. The predicted octanol–water partition coefficient (Wildman–Crippen LogP) is 2.06. The minimum atomic E-state index is -0.484. The summed E-state index contributed by atoms with van der Waals surface area (Å²) < 4.78 is 5.45. The molecule has 2 rings (SSSR count). The summed E-state index contributed by atoms with van der Waals surface area (Å²) in [5.41, 5.74) is 2.46. The van der Waals surface area contributed by atoms with Crippen molar-refractivity contribution in [2.75, 3.05) is 12.0 Å². The highest BCUT2D eigenvalue weighted by Gasteiger charge is 2.23. The van der Waals surface area contributed by atoms with Crippen molar-refractivity contribution < 1.29 is 9.66 Å². The first-order valence-corrected chi connectivity index (χ1v) is 5.59. The standard InChI is InChI=1S/C11H15N3O3/c12-13-9-2-1-3-10(11(9)14(15)16)17-7-6-8-4-5-8/h1-3,8,13H,4-7,12H2. The molecule has 1 aromatic carbocycles. The van der Waals surface area contributed by atoms with Gasteiger partial charge >= 0.3 is 5.69 Å². The first kappa shape index (κ1) is 11.7. The molecule has 0 aromatic heterocycles. The molecule has 0 saturated heterocycles. The topological polar surface area (TPSA) is 90.4 Å². The van der Waals surface area contributed by atoms with Gasteiger partial charge in [-0.1, -0.05) is 18.9 Å². The second kappa shape index (κ2) is 5.01. The first-order valence-electron chi connectivity index (χ1n) is 5.59. The fourth-order valence-electron chi connectivity index (χ4n) is 1.69. The summed E-state index contributed by atoms with van der Waals surface area (Å²) in [6, 6.07) is 4.81. The van der Waals surface area contributed by atoms with Gasteiger partial charge in [-0.05, 0) is 24.5 Å². The lowest BCUT2D eigenvalue weighted by molar-refractivity contribution is -0.385. The van der Waals surface area contributed by atoms with Crippen LogP contribution in [-0.2, 0) is 0 Å². The van der Waals surface area contributed by atoms with Crippen LogP contribution in [-0.4, -0.2) is 11.5 Å². The molecule has 0 aliphatic heterocycles. The largest absolute Gasteiger partial charge is 0.487 e. The monoisotopic (exact) mass is 237 g/mol. The Labute approximate surface area is 98.9 Å². The van der Waals surface area contributed by atoms with Gasteiger partial charge in [0.2, 0.25) is 0 Å². The van der Waals surface area contributed by atoms with Crippen molar-refractivity contribution >= 4 is 11.4 Å². The maximum absolute atomic E-state index is 10.9. The molecule has 0 atom stereocenters. The van der Waals surface area contributed by atoms with E-state index in [1.165, 1.54) is 12.8 Å². The van der Waals surface area contributed by atoms with Gasteiger partial charge in [0, 0.05) is 0 Å². The second-order valence-electron chi connectivity index (χ2n) is 4.13. The van der Waals surface area contributed by atoms with Crippen LogP contribution in [0.3, 0.4) is 0 Å². The molecular weight excluding hydrogens is 222 g/mol. The molecule has 0 bridgehead atoms. The van der Waals surface area contributed by atoms with Crippen molar-refractivity contribution in [1.82, 2.24) is 0 Å². The molecule has 1 aliphatic carbocycles. The number of nitrogens with two attached hydrogens (primary N) is 1. The zero-order valence-electron chi connectivity index (χ0n) is 9.39. The highest BCUT2D eigenvalue weighted by atomic mass is 16.6. The van der Waals surface area contributed by atoms with Crippen molar-refractivity contribution in [3.05, 3.63) is 28.3 Å². The SMILES string of the molecule is NNc1cccc(OCCC2CC2)c1[N+](=O)[O-]. The molecule has 1 fully saturated rings. The third kappa shape index (κ3) is 2.85. The van der Waals surface area contributed by atoms with E-state index in [1.807, 2.05) is 0 Å². The molecule has 6 nitrogen and oxygen atoms in total. The van der Waals surface area contributed by atoms with Crippen molar-refractivity contribution in [2.45, 2.75) is 19.3 Å². The Morgan fingerprint density at radius 1 is 1.53 bits per heavy atom. The number of benzene rings is 1. The third-order valence-electron chi connectivity index (χ3n) is 2.82. The molecule has 0 heterocycles. The van der Waals surface area contributed by atoms with E-state index in [0.717, 1.165) is 12.3 Å². The van der Waals surface area contributed by atoms with Crippen molar-refractivity contribution in [3.8, 4) is 5.75 Å². The average molecular weight is 237 g/mol. The number of ether oxygens (including phenoxy) is 1. The number of nitrogen functional groups attached to an aromatic ring is 1. The van der Waals surface area contributed by atoms with Crippen LogP contribution in [0.2, 0.25) is 0 Å². The van der Waals surface area contributed by atoms with Crippen LogP contribution < -0.4 is 16.0 Å². The van der Waals surface area contributed by atoms with Crippen molar-refractivity contribution in [2.24, 2.45) is 11.8 Å². The molecule has 1 saturated carbocycles. The lowest BCUT2D eigenvalue weighted by Crippen LogP contribution is -2.10. The molecule has 1 aromatic rings. The number of para-hydroxylation sites is 1. The van der Waals surface area contributed by atoms with Gasteiger partial charge in [-0.2, -0.15) is 0 Å². The lowest BCUT2D eigenvalue weighted by Gasteiger charge is -2.08. The Balaban J connectivity index is 2.09. The van der Waals surface area contributed by atoms with Gasteiger partial charge in [0.15, 0.2) is 5.75 Å². The number of hydrogen-bond acceptors (Lipinski definition) is 5. The number of nitro benzene ring substituents is 1. The Kier molecular flexibility index (Phi) is 3.43. The number of rotatable bonds is 6. The van der Waals surface area contributed by atoms with Gasteiger partial charge < -0.3 is 10.2 Å². The number of hydrogen-bond donors (Lipinski definition) is 2. The van der Waals surface area contributed by atoms with E-state index >= 15 is 0 Å². The van der Waals surface area contributed by atoms with Gasteiger partial charge in [-0.15, -0.1) is 0 Å². The van der Waals surface area contributed by atoms with E-state index in [1.54, 1.807) is 18.2 Å². The fourth-order valence-corrected chi connectivity index (χ4v) is 1.69. The third-order valence-corrected chi connectivity index (χ3v) is 2.82. The Morgan fingerprint density at radius 2 is 2.29 bits per heavy atom. The van der Waals surface area contributed by atoms with Crippen LogP contribution in [0.1, 0.15) is 19.3 Å². The van der Waals surface area contributed by atoms with Gasteiger partial charge in [-0.25, -0.2) is 0 Å². The van der Waals surface area contributed by atoms with Gasteiger partial charge in [-0.3, -0.25) is 16.0 Å². The molecular formula is C11H15N3O3. The highest BCUT2D eigenvalue weighted by molar-refractivity contribution is 5.67. The Bertz CT molecular complexity index is 418. The second-order valence-corrected chi connectivity index (χ2v) is 4.13. The van der Waals surface area contributed by atoms with E-state index in [4.69, 9.17) is 10.6 Å². The summed E-state index contributed by atoms with van der Waals surface area (Å²) >= 11 is 0. The minimum Gasteiger partial charge on any atom is -0.487 e. The molecule has 0 spiro atoms. The van der Waals surface area contributed by atoms with Crippen molar-refractivity contribution in [1.29, 1.82) is 0 Å². The Hall–Kier alpha value is -1.82. The summed E-state index contributed by atoms with van der Waals surface area (Å²) in [6.45, 7) is 0.513. The van der Waals surface area contributed by atoms with Crippen LogP contribution >= 0.6 is 0 Å². The fraction of sp³-hybridized carbons (Fsp3) is 0.455. The van der Waals surface area contributed by atoms with Gasteiger partial charge in [0.1, 0.15) is 5.69 Å². The number of anilines is 1. The molecule has 0 amide bonds. The summed E-state index contributed by atoms with van der Waals surface area (Å²) in [5.74, 6) is 6.24. The zero-order valence-corrected chi connectivity index (χ0v) is 9.39. The molecule has 1 aliphatic rings. The maximum Gasteiger partial charge on any atom is 0.335 e. The number of nitro groups is 1. The zero-order chi connectivity index (χ0) is 12.3. The summed E-state index contributed by atoms with van der Waals surface area (Å²) in [6.07, 6.45) is 3.45.